The molecule has 3 aliphatic rings. The number of nitriles is 1. The van der Waals surface area contributed by atoms with Gasteiger partial charge in [-0.3, -0.25) is 34.3 Å². The lowest BCUT2D eigenvalue weighted by molar-refractivity contribution is -0.138. The lowest BCUT2D eigenvalue weighted by Gasteiger charge is -2.39. The maximum absolute atomic E-state index is 13.8. The number of piperidine rings is 2. The molecule has 3 fully saturated rings. The molecule has 0 spiro atoms. The van der Waals surface area contributed by atoms with Gasteiger partial charge in [0, 0.05) is 23.5 Å². The Bertz CT molecular complexity index is 2120. The Hall–Kier alpha value is -5.34. The second kappa shape index (κ2) is 16.9. The number of imide groups is 1. The van der Waals surface area contributed by atoms with Crippen LogP contribution in [0.2, 0.25) is 0 Å². The van der Waals surface area contributed by atoms with Crippen LogP contribution in [-0.4, -0.2) is 76.8 Å². The van der Waals surface area contributed by atoms with Gasteiger partial charge in [-0.05, 0) is 112 Å². The molecule has 2 unspecified atom stereocenters. The van der Waals surface area contributed by atoms with Crippen molar-refractivity contribution in [2.75, 3.05) is 46.7 Å². The van der Waals surface area contributed by atoms with Gasteiger partial charge in [-0.2, -0.15) is 18.4 Å². The van der Waals surface area contributed by atoms with Gasteiger partial charge in [0.1, 0.15) is 23.4 Å². The fourth-order valence-electron chi connectivity index (χ4n) is 7.67. The van der Waals surface area contributed by atoms with Crippen molar-refractivity contribution in [3.63, 3.8) is 0 Å². The molecule has 6 rings (SSSR count). The van der Waals surface area contributed by atoms with E-state index in [0.29, 0.717) is 42.3 Å². The minimum absolute atomic E-state index is 0.00421. The van der Waals surface area contributed by atoms with E-state index >= 15 is 0 Å². The highest BCUT2D eigenvalue weighted by atomic mass is 32.1. The Morgan fingerprint density at radius 2 is 1.79 bits per heavy atom. The van der Waals surface area contributed by atoms with Crippen molar-refractivity contribution in [3.8, 4) is 11.8 Å². The minimum atomic E-state index is -4.84. The van der Waals surface area contributed by atoms with Crippen LogP contribution in [0.5, 0.6) is 5.75 Å². The Labute approximate surface area is 340 Å². The molecule has 3 saturated heterocycles. The number of aromatic nitrogens is 1. The first kappa shape index (κ1) is 42.3. The van der Waals surface area contributed by atoms with E-state index in [2.05, 4.69) is 32.8 Å². The second-order valence-electron chi connectivity index (χ2n) is 15.8. The first-order valence-electron chi connectivity index (χ1n) is 19.2. The smallest absolute Gasteiger partial charge is 0.419 e. The molecule has 4 heterocycles. The summed E-state index contributed by atoms with van der Waals surface area (Å²) in [5.41, 5.74) is -1.45. The van der Waals surface area contributed by atoms with Crippen molar-refractivity contribution in [1.82, 2.24) is 15.2 Å². The number of nitrogens with one attached hydrogen (secondary N) is 3. The van der Waals surface area contributed by atoms with Gasteiger partial charge in [0.25, 0.3) is 5.91 Å². The Morgan fingerprint density at radius 3 is 2.47 bits per heavy atom. The van der Waals surface area contributed by atoms with Crippen molar-refractivity contribution in [3.05, 3.63) is 71.5 Å². The van der Waals surface area contributed by atoms with Crippen LogP contribution in [0.15, 0.2) is 54.7 Å². The van der Waals surface area contributed by atoms with E-state index in [1.807, 2.05) is 25.1 Å². The van der Waals surface area contributed by atoms with Gasteiger partial charge in [0.2, 0.25) is 17.7 Å². The summed E-state index contributed by atoms with van der Waals surface area (Å²) < 4.78 is 47.6. The lowest BCUT2D eigenvalue weighted by Crippen LogP contribution is -2.47. The number of alkyl halides is 3. The summed E-state index contributed by atoms with van der Waals surface area (Å²) in [6.07, 6.45) is 0.0893. The van der Waals surface area contributed by atoms with Crippen LogP contribution < -0.4 is 30.5 Å². The molecule has 0 aliphatic carbocycles. The SMILES string of the molecule is CCc1cc(N2C(S)N(c3cnc(C#N)c(C(F)(F)F)c3)C(=O)C2(C)C)ccc1OCCC1(C)CCN(CC(=O)Nc2cccc(NC3CCC(=O)NC3=O)c2)CC1. The van der Waals surface area contributed by atoms with E-state index in [4.69, 9.17) is 17.4 Å². The highest BCUT2D eigenvalue weighted by molar-refractivity contribution is 7.81. The average molecular weight is 821 g/mol. The quantitative estimate of drug-likeness (QED) is 0.124. The van der Waals surface area contributed by atoms with Gasteiger partial charge in [0.15, 0.2) is 11.2 Å². The van der Waals surface area contributed by atoms with Crippen molar-refractivity contribution in [2.45, 2.75) is 89.5 Å². The summed E-state index contributed by atoms with van der Waals surface area (Å²) >= 11 is 4.70. The molecule has 0 bridgehead atoms. The molecule has 308 valence electrons. The molecule has 58 heavy (non-hydrogen) atoms. The van der Waals surface area contributed by atoms with Crippen molar-refractivity contribution in [1.29, 1.82) is 5.26 Å². The number of ether oxygens (including phenoxy) is 1. The molecular formula is C41H47F3N8O5S. The molecule has 4 amide bonds. The lowest BCUT2D eigenvalue weighted by atomic mass is 9.78. The molecule has 17 heteroatoms. The fraction of sp³-hybridized carbons (Fsp3) is 0.463. The predicted molar refractivity (Wildman–Crippen MR) is 215 cm³/mol. The van der Waals surface area contributed by atoms with Crippen LogP contribution in [0, 0.1) is 16.7 Å². The molecule has 13 nitrogen and oxygen atoms in total. The highest BCUT2D eigenvalue weighted by Gasteiger charge is 2.52. The molecule has 3 aromatic rings. The minimum Gasteiger partial charge on any atom is -0.493 e. The number of hydrogen-bond donors (Lipinski definition) is 4. The van der Waals surface area contributed by atoms with Gasteiger partial charge in [-0.1, -0.05) is 19.9 Å². The fourth-order valence-corrected chi connectivity index (χ4v) is 8.33. The molecule has 1 aromatic heterocycles. The maximum Gasteiger partial charge on any atom is 0.419 e. The number of rotatable bonds is 12. The van der Waals surface area contributed by atoms with Crippen LogP contribution in [0.25, 0.3) is 0 Å². The third-order valence-electron chi connectivity index (χ3n) is 11.2. The number of nitrogens with zero attached hydrogens (tertiary/aromatic N) is 5. The normalized spacial score (nSPS) is 20.7. The van der Waals surface area contributed by atoms with E-state index in [9.17, 15) is 37.6 Å². The van der Waals surface area contributed by atoms with Crippen LogP contribution in [-0.2, 0) is 31.8 Å². The van der Waals surface area contributed by atoms with E-state index in [0.717, 1.165) is 55.1 Å². The van der Waals surface area contributed by atoms with E-state index < -0.39 is 40.4 Å². The molecule has 3 N–H and O–H groups in total. The number of likely N-dealkylation sites (tertiary alicyclic amines) is 1. The van der Waals surface area contributed by atoms with Crippen LogP contribution in [0.4, 0.5) is 35.9 Å². The van der Waals surface area contributed by atoms with Crippen molar-refractivity contribution >= 4 is 59.0 Å². The second-order valence-corrected chi connectivity index (χ2v) is 16.2. The molecule has 2 atom stereocenters. The zero-order chi connectivity index (χ0) is 42.0. The van der Waals surface area contributed by atoms with Crippen LogP contribution in [0.1, 0.15) is 76.6 Å². The monoisotopic (exact) mass is 820 g/mol. The molecular weight excluding hydrogens is 774 g/mol. The first-order valence-corrected chi connectivity index (χ1v) is 19.7. The number of thiol groups is 1. The number of amides is 4. The Kier molecular flexibility index (Phi) is 12.3. The summed E-state index contributed by atoms with van der Waals surface area (Å²) in [6.45, 7) is 9.78. The predicted octanol–water partition coefficient (Wildman–Crippen LogP) is 6.11. The van der Waals surface area contributed by atoms with E-state index in [1.54, 1.807) is 43.0 Å². The number of hydrogen-bond acceptors (Lipinski definition) is 11. The van der Waals surface area contributed by atoms with Crippen molar-refractivity contribution in [2.24, 2.45) is 5.41 Å². The zero-order valence-electron chi connectivity index (χ0n) is 32.8. The maximum atomic E-state index is 13.8. The zero-order valence-corrected chi connectivity index (χ0v) is 33.7. The highest BCUT2D eigenvalue weighted by Crippen LogP contribution is 2.43. The van der Waals surface area contributed by atoms with Gasteiger partial charge < -0.3 is 20.3 Å². The van der Waals surface area contributed by atoms with E-state index in [1.165, 1.54) is 6.07 Å². The van der Waals surface area contributed by atoms with Gasteiger partial charge >= 0.3 is 6.18 Å². The average Bonchev–Trinajstić information content (AvgIpc) is 3.35. The van der Waals surface area contributed by atoms with Crippen LogP contribution in [0.3, 0.4) is 0 Å². The third kappa shape index (κ3) is 9.18. The Morgan fingerprint density at radius 1 is 1.07 bits per heavy atom. The van der Waals surface area contributed by atoms with Gasteiger partial charge in [-0.15, -0.1) is 12.6 Å². The number of anilines is 4. The van der Waals surface area contributed by atoms with Crippen molar-refractivity contribution < 1.29 is 37.1 Å². The van der Waals surface area contributed by atoms with Gasteiger partial charge in [-0.25, -0.2) is 4.98 Å². The summed E-state index contributed by atoms with van der Waals surface area (Å²) in [5.74, 6) is -0.563. The topological polar surface area (TPSA) is 160 Å². The molecule has 0 saturated carbocycles. The first-order chi connectivity index (χ1) is 27.4. The summed E-state index contributed by atoms with van der Waals surface area (Å²) in [4.78, 5) is 59.0. The number of benzene rings is 2. The van der Waals surface area contributed by atoms with Crippen LogP contribution >= 0.6 is 12.6 Å². The summed E-state index contributed by atoms with van der Waals surface area (Å²) in [7, 11) is 0. The number of pyridine rings is 1. The Balaban J connectivity index is 1.01. The molecule has 3 aliphatic heterocycles. The molecule has 2 aromatic carbocycles. The van der Waals surface area contributed by atoms with E-state index in [-0.39, 0.29) is 41.8 Å². The summed E-state index contributed by atoms with van der Waals surface area (Å²) in [6, 6.07) is 14.4. The third-order valence-corrected chi connectivity index (χ3v) is 11.7. The molecule has 0 radical (unpaired) electrons. The number of carbonyl (C=O) groups is 4. The number of carbonyl (C=O) groups excluding carboxylic acids is 4. The number of aryl methyl sites for hydroxylation is 1. The van der Waals surface area contributed by atoms with Gasteiger partial charge in [0.05, 0.1) is 30.6 Å². The number of halogens is 3. The standard InChI is InChI=1S/C41H47F3N8O5S/c1-5-25-19-28(52-38(58)51(37(56)39(52,2)3)29-21-30(41(42,43)44)32(22-45)46-23-29)9-11-33(25)57-18-15-40(4)13-16-50(17-14-40)24-35(54)48-27-8-6-7-26(20-27)47-31-10-12-34(53)49-36(31)55/h6-9,11,19-21,23,31,38,47,58H,5,10,12-18,24H2,1-4H3,(H,48,54)(H,49,53,55). The largest absolute Gasteiger partial charge is 0.493 e. The summed E-state index contributed by atoms with van der Waals surface area (Å²) in [5, 5.41) is 17.6.